The highest BCUT2D eigenvalue weighted by atomic mass is 16.3. The molecule has 8 nitrogen and oxygen atoms in total. The topological polar surface area (TPSA) is 88.2 Å². The van der Waals surface area contributed by atoms with E-state index < -0.39 is 0 Å². The number of benzene rings is 1. The fourth-order valence-electron chi connectivity index (χ4n) is 3.53. The third-order valence-corrected chi connectivity index (χ3v) is 5.34. The number of hydrogen-bond donors (Lipinski definition) is 2. The predicted molar refractivity (Wildman–Crippen MR) is 103 cm³/mol. The van der Waals surface area contributed by atoms with Crippen LogP contribution in [0.2, 0.25) is 0 Å². The number of fused-ring (bicyclic) bond motifs is 1. The van der Waals surface area contributed by atoms with Gasteiger partial charge in [-0.05, 0) is 31.5 Å². The molecule has 8 heteroatoms. The minimum atomic E-state index is -0.304. The van der Waals surface area contributed by atoms with Gasteiger partial charge in [0.2, 0.25) is 5.95 Å². The van der Waals surface area contributed by atoms with E-state index in [0.717, 1.165) is 41.2 Å². The smallest absolute Gasteiger partial charge is 0.251 e. The first kappa shape index (κ1) is 17.5. The van der Waals surface area contributed by atoms with Crippen LogP contribution in [0.1, 0.15) is 28.0 Å². The van der Waals surface area contributed by atoms with E-state index in [4.69, 9.17) is 4.98 Å². The molecule has 3 aromatic rings. The lowest BCUT2D eigenvalue weighted by atomic mass is 10.2. The average molecular weight is 368 g/mol. The molecule has 142 valence electrons. The second-order valence-corrected chi connectivity index (χ2v) is 7.12. The van der Waals surface area contributed by atoms with Crippen molar-refractivity contribution < 1.29 is 9.90 Å². The van der Waals surface area contributed by atoms with E-state index in [-0.39, 0.29) is 12.0 Å². The van der Waals surface area contributed by atoms with Gasteiger partial charge in [0.1, 0.15) is 0 Å². The summed E-state index contributed by atoms with van der Waals surface area (Å²) in [5.41, 5.74) is 4.35. The van der Waals surface area contributed by atoms with Crippen molar-refractivity contribution in [1.29, 1.82) is 0 Å². The lowest BCUT2D eigenvalue weighted by Crippen LogP contribution is -2.24. The molecule has 1 aliphatic rings. The third-order valence-electron chi connectivity index (χ3n) is 5.34. The molecule has 1 saturated heterocycles. The molecule has 0 aliphatic carbocycles. The van der Waals surface area contributed by atoms with Crippen molar-refractivity contribution in [3.63, 3.8) is 0 Å². The Labute approximate surface area is 157 Å². The molecule has 0 bridgehead atoms. The molecular weight excluding hydrogens is 344 g/mol. The Kier molecular flexibility index (Phi) is 4.35. The van der Waals surface area contributed by atoms with Crippen LogP contribution in [0.5, 0.6) is 0 Å². The predicted octanol–water partition coefficient (Wildman–Crippen LogP) is 1.12. The molecule has 1 fully saturated rings. The summed E-state index contributed by atoms with van der Waals surface area (Å²) in [6.45, 7) is 3.80. The highest BCUT2D eigenvalue weighted by Gasteiger charge is 2.24. The van der Waals surface area contributed by atoms with Gasteiger partial charge in [0.15, 0.2) is 0 Å². The first-order valence-electron chi connectivity index (χ1n) is 9.09. The van der Waals surface area contributed by atoms with Crippen LogP contribution in [0, 0.1) is 6.92 Å². The quantitative estimate of drug-likeness (QED) is 0.720. The fourth-order valence-corrected chi connectivity index (χ4v) is 3.53. The van der Waals surface area contributed by atoms with E-state index in [0.29, 0.717) is 18.7 Å². The summed E-state index contributed by atoms with van der Waals surface area (Å²) < 4.78 is 3.80. The Morgan fingerprint density at radius 2 is 2.19 bits per heavy atom. The number of rotatable bonds is 4. The van der Waals surface area contributed by atoms with Crippen LogP contribution < -0.4 is 10.2 Å². The summed E-state index contributed by atoms with van der Waals surface area (Å²) in [5.74, 6) is 0.689. The van der Waals surface area contributed by atoms with Crippen molar-refractivity contribution in [3.8, 4) is 0 Å². The van der Waals surface area contributed by atoms with Crippen molar-refractivity contribution in [2.75, 3.05) is 18.0 Å². The maximum Gasteiger partial charge on any atom is 0.251 e. The highest BCUT2D eigenvalue weighted by molar-refractivity contribution is 5.97. The molecule has 2 aromatic heterocycles. The first-order valence-corrected chi connectivity index (χ1v) is 9.09. The molecule has 27 heavy (non-hydrogen) atoms. The lowest BCUT2D eigenvalue weighted by Gasteiger charge is -2.16. The van der Waals surface area contributed by atoms with Gasteiger partial charge >= 0.3 is 0 Å². The van der Waals surface area contributed by atoms with Gasteiger partial charge in [0, 0.05) is 50.6 Å². The zero-order valence-electron chi connectivity index (χ0n) is 15.8. The molecule has 1 aromatic carbocycles. The average Bonchev–Trinajstić information content (AvgIpc) is 3.32. The zero-order valence-corrected chi connectivity index (χ0v) is 15.8. The van der Waals surface area contributed by atoms with Gasteiger partial charge in [0.25, 0.3) is 5.91 Å². The van der Waals surface area contributed by atoms with Crippen LogP contribution in [0.15, 0.2) is 24.4 Å². The first-order chi connectivity index (χ1) is 12.9. The van der Waals surface area contributed by atoms with Gasteiger partial charge in [-0.25, -0.2) is 4.98 Å². The number of nitrogens with zero attached hydrogens (tertiary/aromatic N) is 5. The third kappa shape index (κ3) is 3.16. The molecule has 0 saturated carbocycles. The van der Waals surface area contributed by atoms with Gasteiger partial charge in [0.05, 0.1) is 23.3 Å². The number of carbonyl (C=O) groups excluding carboxylic acids is 1. The number of nitrogens with one attached hydrogen (secondary N) is 1. The minimum absolute atomic E-state index is 0.135. The molecule has 1 aliphatic heterocycles. The summed E-state index contributed by atoms with van der Waals surface area (Å²) in [4.78, 5) is 19.3. The minimum Gasteiger partial charge on any atom is -0.391 e. The largest absolute Gasteiger partial charge is 0.391 e. The zero-order chi connectivity index (χ0) is 19.1. The van der Waals surface area contributed by atoms with Crippen LogP contribution >= 0.6 is 0 Å². The number of amides is 1. The number of aliphatic hydroxyl groups is 1. The molecule has 1 amide bonds. The summed E-state index contributed by atoms with van der Waals surface area (Å²) in [6, 6.07) is 5.55. The molecule has 4 rings (SSSR count). The SMILES string of the molecule is Cc1c(CNC(=O)c2ccc3c(c2)nc(N2CC[C@H](O)C2)n3C)cnn1C. The van der Waals surface area contributed by atoms with E-state index in [1.165, 1.54) is 0 Å². The standard InChI is InChI=1S/C19H24N6O2/c1-12-14(10-21-24(12)3)9-20-18(27)13-4-5-17-16(8-13)22-19(23(17)2)25-7-6-15(26)11-25/h4-5,8,10,15,26H,6-7,9,11H2,1-3H3,(H,20,27)/t15-/m0/s1. The number of imidazole rings is 1. The summed E-state index contributed by atoms with van der Waals surface area (Å²) in [6.07, 6.45) is 2.22. The number of β-amino-alcohol motifs (C(OH)–C–C–N with tert-alkyl or cyclic N) is 1. The van der Waals surface area contributed by atoms with Gasteiger partial charge in [-0.15, -0.1) is 0 Å². The van der Waals surface area contributed by atoms with Gasteiger partial charge in [-0.3, -0.25) is 9.48 Å². The molecule has 0 unspecified atom stereocenters. The van der Waals surface area contributed by atoms with Crippen molar-refractivity contribution in [3.05, 3.63) is 41.2 Å². The Bertz CT molecular complexity index is 1010. The maximum atomic E-state index is 12.6. The van der Waals surface area contributed by atoms with Crippen LogP contribution in [-0.2, 0) is 20.6 Å². The van der Waals surface area contributed by atoms with Gasteiger partial charge in [-0.1, -0.05) is 0 Å². The Balaban J connectivity index is 1.54. The summed E-state index contributed by atoms with van der Waals surface area (Å²) in [7, 11) is 3.84. The van der Waals surface area contributed by atoms with Crippen LogP contribution in [0.25, 0.3) is 11.0 Å². The second-order valence-electron chi connectivity index (χ2n) is 7.12. The molecule has 2 N–H and O–H groups in total. The summed E-state index contributed by atoms with van der Waals surface area (Å²) >= 11 is 0. The van der Waals surface area contributed by atoms with Crippen LogP contribution in [-0.4, -0.2) is 49.5 Å². The number of aromatic nitrogens is 4. The van der Waals surface area contributed by atoms with Crippen molar-refractivity contribution >= 4 is 22.9 Å². The normalized spacial score (nSPS) is 17.0. The van der Waals surface area contributed by atoms with E-state index in [1.54, 1.807) is 10.9 Å². The monoisotopic (exact) mass is 368 g/mol. The molecule has 3 heterocycles. The number of anilines is 1. The fraction of sp³-hybridized carbons (Fsp3) is 0.421. The molecular formula is C19H24N6O2. The van der Waals surface area contributed by atoms with E-state index in [1.807, 2.05) is 43.8 Å². The molecule has 0 radical (unpaired) electrons. The lowest BCUT2D eigenvalue weighted by molar-refractivity contribution is 0.0951. The number of aliphatic hydroxyl groups excluding tert-OH is 1. The Morgan fingerprint density at radius 1 is 1.37 bits per heavy atom. The maximum absolute atomic E-state index is 12.6. The van der Waals surface area contributed by atoms with Crippen molar-refractivity contribution in [2.45, 2.75) is 26.0 Å². The van der Waals surface area contributed by atoms with Crippen LogP contribution in [0.4, 0.5) is 5.95 Å². The Hall–Kier alpha value is -2.87. The van der Waals surface area contributed by atoms with Gasteiger partial charge < -0.3 is 19.9 Å². The van der Waals surface area contributed by atoms with Crippen LogP contribution in [0.3, 0.4) is 0 Å². The summed E-state index contributed by atoms with van der Waals surface area (Å²) in [5, 5.41) is 16.9. The van der Waals surface area contributed by atoms with E-state index >= 15 is 0 Å². The second kappa shape index (κ2) is 6.70. The molecule has 0 spiro atoms. The Morgan fingerprint density at radius 3 is 2.85 bits per heavy atom. The number of carbonyl (C=O) groups is 1. The van der Waals surface area contributed by atoms with Gasteiger partial charge in [-0.2, -0.15) is 5.10 Å². The van der Waals surface area contributed by atoms with Crippen molar-refractivity contribution in [2.24, 2.45) is 14.1 Å². The number of aryl methyl sites for hydroxylation is 2. The van der Waals surface area contributed by atoms with Crippen molar-refractivity contribution in [1.82, 2.24) is 24.6 Å². The van der Waals surface area contributed by atoms with E-state index in [2.05, 4.69) is 15.3 Å². The molecule has 1 atom stereocenters. The van der Waals surface area contributed by atoms with E-state index in [9.17, 15) is 9.90 Å². The highest BCUT2D eigenvalue weighted by Crippen LogP contribution is 2.25. The number of hydrogen-bond acceptors (Lipinski definition) is 5.